The van der Waals surface area contributed by atoms with Crippen molar-refractivity contribution >= 4 is 6.34 Å². The number of hydrogen-bond donors (Lipinski definition) is 2. The highest BCUT2D eigenvalue weighted by atomic mass is 16.5. The highest BCUT2D eigenvalue weighted by Crippen LogP contribution is 1.76. The first-order valence-corrected chi connectivity index (χ1v) is 1.61. The number of rotatable bonds is 0. The van der Waals surface area contributed by atoms with Crippen molar-refractivity contribution in [2.75, 3.05) is 6.67 Å². The summed E-state index contributed by atoms with van der Waals surface area (Å²) in [5.74, 6) is 0. The first-order valence-electron chi connectivity index (χ1n) is 1.61. The molecule has 0 fully saturated rings. The van der Waals surface area contributed by atoms with E-state index in [-0.39, 0.29) is 0 Å². The quantitative estimate of drug-likeness (QED) is 0.406. The molecule has 6 heavy (non-hydrogen) atoms. The summed E-state index contributed by atoms with van der Waals surface area (Å²) in [5.41, 5.74) is 2.52. The zero-order valence-electron chi connectivity index (χ0n) is 3.13. The van der Waals surface area contributed by atoms with Crippen LogP contribution in [0.3, 0.4) is 0 Å². The average Bonchev–Trinajstić information content (AvgIpc) is 1.86. The number of nitrogens with zero attached hydrogens (tertiary/aromatic N) is 2. The molecule has 0 amide bonds. The van der Waals surface area contributed by atoms with Crippen molar-refractivity contribution in [1.29, 1.82) is 0 Å². The molecule has 2 N–H and O–H groups in total. The molecular formula is C2H5N3O. The lowest BCUT2D eigenvalue weighted by atomic mass is 11.1. The number of hydrogen-bond acceptors (Lipinski definition) is 4. The van der Waals surface area contributed by atoms with E-state index in [2.05, 4.69) is 10.5 Å². The maximum absolute atomic E-state index is 8.35. The summed E-state index contributed by atoms with van der Waals surface area (Å²) in [6.07, 6.45) is 1.31. The van der Waals surface area contributed by atoms with Gasteiger partial charge in [0.05, 0.1) is 0 Å². The van der Waals surface area contributed by atoms with Crippen LogP contribution in [0.1, 0.15) is 0 Å². The highest BCUT2D eigenvalue weighted by Gasteiger charge is 1.94. The molecule has 0 radical (unpaired) electrons. The van der Waals surface area contributed by atoms with Crippen LogP contribution in [0, 0.1) is 0 Å². The second kappa shape index (κ2) is 1.14. The molecule has 1 aliphatic heterocycles. The molecule has 0 aromatic heterocycles. The third kappa shape index (κ3) is 0.414. The van der Waals surface area contributed by atoms with E-state index in [9.17, 15) is 0 Å². The molecule has 0 saturated carbocycles. The van der Waals surface area contributed by atoms with Crippen molar-refractivity contribution in [3.05, 3.63) is 0 Å². The zero-order chi connectivity index (χ0) is 4.41. The van der Waals surface area contributed by atoms with Gasteiger partial charge < -0.3 is 0 Å². The summed E-state index contributed by atoms with van der Waals surface area (Å²) >= 11 is 0. The van der Waals surface area contributed by atoms with Gasteiger partial charge in [-0.05, 0) is 0 Å². The minimum absolute atomic E-state index is 0.403. The summed E-state index contributed by atoms with van der Waals surface area (Å²) in [5, 5.41) is 12.8. The molecule has 0 aromatic rings. The second-order valence-corrected chi connectivity index (χ2v) is 1.00. The van der Waals surface area contributed by atoms with Gasteiger partial charge in [-0.15, -0.1) is 0 Å². The van der Waals surface area contributed by atoms with Gasteiger partial charge in [-0.1, -0.05) is 0 Å². The molecule has 1 aliphatic rings. The largest absolute Gasteiger partial charge is 0.287 e. The van der Waals surface area contributed by atoms with E-state index in [1.165, 1.54) is 6.34 Å². The molecule has 4 nitrogen and oxygen atoms in total. The lowest BCUT2D eigenvalue weighted by molar-refractivity contribution is -0.00406. The van der Waals surface area contributed by atoms with E-state index in [1.807, 2.05) is 0 Å². The van der Waals surface area contributed by atoms with Crippen molar-refractivity contribution in [3.63, 3.8) is 0 Å². The molecule has 0 unspecified atom stereocenters. The molecule has 0 spiro atoms. The van der Waals surface area contributed by atoms with Crippen molar-refractivity contribution in [3.8, 4) is 0 Å². The SMILES string of the molecule is ON1C=NNC1. The van der Waals surface area contributed by atoms with E-state index in [1.54, 1.807) is 0 Å². The van der Waals surface area contributed by atoms with E-state index in [0.29, 0.717) is 6.67 Å². The Morgan fingerprint density at radius 2 is 2.83 bits per heavy atom. The van der Waals surface area contributed by atoms with Crippen molar-refractivity contribution < 1.29 is 5.21 Å². The van der Waals surface area contributed by atoms with Gasteiger partial charge in [0.1, 0.15) is 13.0 Å². The third-order valence-electron chi connectivity index (χ3n) is 0.515. The van der Waals surface area contributed by atoms with E-state index >= 15 is 0 Å². The van der Waals surface area contributed by atoms with Gasteiger partial charge in [-0.2, -0.15) is 5.10 Å². The van der Waals surface area contributed by atoms with Crippen LogP contribution in [0.15, 0.2) is 5.10 Å². The maximum Gasteiger partial charge on any atom is 0.137 e. The van der Waals surface area contributed by atoms with Crippen LogP contribution in [-0.2, 0) is 0 Å². The molecule has 34 valence electrons. The number of nitrogens with one attached hydrogen (secondary N) is 1. The Bertz CT molecular complexity index is 71.2. The Labute approximate surface area is 35.0 Å². The minimum atomic E-state index is 0.403. The Balaban J connectivity index is 2.38. The van der Waals surface area contributed by atoms with Crippen LogP contribution in [0.25, 0.3) is 0 Å². The molecule has 1 rings (SSSR count). The van der Waals surface area contributed by atoms with Crippen molar-refractivity contribution in [1.82, 2.24) is 10.5 Å². The fourth-order valence-electron chi connectivity index (χ4n) is 0.262. The van der Waals surface area contributed by atoms with Gasteiger partial charge in [-0.3, -0.25) is 10.6 Å². The third-order valence-corrected chi connectivity index (χ3v) is 0.515. The van der Waals surface area contributed by atoms with Crippen LogP contribution in [0.5, 0.6) is 0 Å². The van der Waals surface area contributed by atoms with Crippen LogP contribution in [0.2, 0.25) is 0 Å². The summed E-state index contributed by atoms with van der Waals surface area (Å²) < 4.78 is 0. The van der Waals surface area contributed by atoms with Gasteiger partial charge in [0.2, 0.25) is 0 Å². The first kappa shape index (κ1) is 3.42. The molecule has 4 heteroatoms. The lowest BCUT2D eigenvalue weighted by Crippen LogP contribution is -2.17. The van der Waals surface area contributed by atoms with Crippen LogP contribution >= 0.6 is 0 Å². The Kier molecular flexibility index (Phi) is 0.648. The van der Waals surface area contributed by atoms with Crippen molar-refractivity contribution in [2.24, 2.45) is 5.10 Å². The van der Waals surface area contributed by atoms with Crippen LogP contribution in [0.4, 0.5) is 0 Å². The smallest absolute Gasteiger partial charge is 0.137 e. The molecule has 0 aliphatic carbocycles. The van der Waals surface area contributed by atoms with Gasteiger partial charge in [0, 0.05) is 0 Å². The first-order chi connectivity index (χ1) is 2.89. The van der Waals surface area contributed by atoms with E-state index in [0.717, 1.165) is 5.06 Å². The normalized spacial score (nSPS) is 18.5. The summed E-state index contributed by atoms with van der Waals surface area (Å²) in [4.78, 5) is 0. The maximum atomic E-state index is 8.35. The molecule has 0 bridgehead atoms. The van der Waals surface area contributed by atoms with Crippen LogP contribution in [-0.4, -0.2) is 23.3 Å². The lowest BCUT2D eigenvalue weighted by Gasteiger charge is -1.96. The predicted octanol–water partition coefficient (Wildman–Crippen LogP) is -0.818. The molecule has 0 aromatic carbocycles. The molecule has 1 heterocycles. The molecule has 0 atom stereocenters. The van der Waals surface area contributed by atoms with Gasteiger partial charge >= 0.3 is 0 Å². The summed E-state index contributed by atoms with van der Waals surface area (Å²) in [7, 11) is 0. The van der Waals surface area contributed by atoms with Gasteiger partial charge in [0.15, 0.2) is 0 Å². The molecule has 0 saturated heterocycles. The minimum Gasteiger partial charge on any atom is -0.287 e. The Morgan fingerprint density at radius 1 is 2.00 bits per heavy atom. The van der Waals surface area contributed by atoms with E-state index in [4.69, 9.17) is 5.21 Å². The van der Waals surface area contributed by atoms with Crippen molar-refractivity contribution in [2.45, 2.75) is 0 Å². The monoisotopic (exact) mass is 87.0 g/mol. The molecular weight excluding hydrogens is 82.0 g/mol. The average molecular weight is 87.1 g/mol. The van der Waals surface area contributed by atoms with E-state index < -0.39 is 0 Å². The summed E-state index contributed by atoms with van der Waals surface area (Å²) in [6, 6.07) is 0. The Hall–Kier alpha value is -0.770. The van der Waals surface area contributed by atoms with Gasteiger partial charge in [0.25, 0.3) is 0 Å². The van der Waals surface area contributed by atoms with Gasteiger partial charge in [-0.25, -0.2) is 5.06 Å². The fourth-order valence-corrected chi connectivity index (χ4v) is 0.262. The number of hydrazone groups is 1. The fraction of sp³-hybridized carbons (Fsp3) is 0.500. The Morgan fingerprint density at radius 3 is 3.00 bits per heavy atom. The highest BCUT2D eigenvalue weighted by molar-refractivity contribution is 5.53. The predicted molar refractivity (Wildman–Crippen MR) is 20.1 cm³/mol. The second-order valence-electron chi connectivity index (χ2n) is 1.00. The standard InChI is InChI=1S/C2H5N3O/c6-5-1-3-4-2-5/h1,4,6H,2H2. The number of hydroxylamine groups is 2. The zero-order valence-corrected chi connectivity index (χ0v) is 3.13. The van der Waals surface area contributed by atoms with Crippen LogP contribution < -0.4 is 5.43 Å². The topological polar surface area (TPSA) is 47.9 Å². The summed E-state index contributed by atoms with van der Waals surface area (Å²) in [6.45, 7) is 0.403.